The maximum absolute atomic E-state index is 9.78. The van der Waals surface area contributed by atoms with Crippen molar-refractivity contribution in [3.05, 3.63) is 44.7 Å². The van der Waals surface area contributed by atoms with Crippen LogP contribution in [0.5, 0.6) is 0 Å². The highest BCUT2D eigenvalue weighted by molar-refractivity contribution is 9.10. The van der Waals surface area contributed by atoms with E-state index in [1.54, 1.807) is 29.9 Å². The Bertz CT molecular complexity index is 849. The molecule has 0 aliphatic rings. The summed E-state index contributed by atoms with van der Waals surface area (Å²) in [6, 6.07) is 4.69. The van der Waals surface area contributed by atoms with Gasteiger partial charge in [-0.2, -0.15) is 5.10 Å². The van der Waals surface area contributed by atoms with Crippen molar-refractivity contribution in [1.29, 1.82) is 0 Å². The Hall–Kier alpha value is -1.41. The SMILES string of the molecule is Cn1nc(Br)c2c(N[C@H](CO)c3c(Cl)cccc3Cl)ncnc21. The maximum atomic E-state index is 9.78. The zero-order valence-corrected chi connectivity index (χ0v) is 15.1. The largest absolute Gasteiger partial charge is 0.394 e. The second-order valence-corrected chi connectivity index (χ2v) is 6.42. The summed E-state index contributed by atoms with van der Waals surface area (Å²) in [5.41, 5.74) is 1.28. The topological polar surface area (TPSA) is 75.9 Å². The van der Waals surface area contributed by atoms with E-state index in [0.717, 1.165) is 5.39 Å². The number of anilines is 1. The van der Waals surface area contributed by atoms with Crippen molar-refractivity contribution in [2.24, 2.45) is 7.05 Å². The number of fused-ring (bicyclic) bond motifs is 1. The molecule has 2 aromatic heterocycles. The van der Waals surface area contributed by atoms with Crippen LogP contribution in [0.25, 0.3) is 11.0 Å². The zero-order chi connectivity index (χ0) is 16.6. The normalized spacial score (nSPS) is 12.6. The molecule has 0 saturated carbocycles. The van der Waals surface area contributed by atoms with Gasteiger partial charge in [0.2, 0.25) is 0 Å². The summed E-state index contributed by atoms with van der Waals surface area (Å²) in [6.45, 7) is -0.202. The molecule has 2 N–H and O–H groups in total. The molecule has 0 amide bonds. The molecule has 0 bridgehead atoms. The van der Waals surface area contributed by atoms with Crippen molar-refractivity contribution in [3.8, 4) is 0 Å². The van der Waals surface area contributed by atoms with Gasteiger partial charge in [0.25, 0.3) is 0 Å². The molecule has 1 atom stereocenters. The minimum atomic E-state index is -0.513. The van der Waals surface area contributed by atoms with Crippen molar-refractivity contribution in [2.45, 2.75) is 6.04 Å². The van der Waals surface area contributed by atoms with Gasteiger partial charge in [-0.05, 0) is 28.1 Å². The number of nitrogens with zero attached hydrogens (tertiary/aromatic N) is 4. The smallest absolute Gasteiger partial charge is 0.164 e. The summed E-state index contributed by atoms with van der Waals surface area (Å²) >= 11 is 15.9. The van der Waals surface area contributed by atoms with Crippen LogP contribution in [0.3, 0.4) is 0 Å². The number of halogens is 3. The maximum Gasteiger partial charge on any atom is 0.164 e. The molecule has 0 radical (unpaired) electrons. The van der Waals surface area contributed by atoms with Crippen molar-refractivity contribution in [2.75, 3.05) is 11.9 Å². The zero-order valence-electron chi connectivity index (χ0n) is 12.0. The second-order valence-electron chi connectivity index (χ2n) is 4.85. The molecule has 0 spiro atoms. The fraction of sp³-hybridized carbons (Fsp3) is 0.214. The first-order valence-corrected chi connectivity index (χ1v) is 8.22. The molecule has 9 heteroatoms. The molecule has 0 aliphatic carbocycles. The number of aliphatic hydroxyl groups is 1. The number of nitrogens with one attached hydrogen (secondary N) is 1. The number of hydrogen-bond acceptors (Lipinski definition) is 5. The van der Waals surface area contributed by atoms with Gasteiger partial charge in [0.15, 0.2) is 5.65 Å². The Morgan fingerprint density at radius 1 is 1.30 bits per heavy atom. The molecule has 6 nitrogen and oxygen atoms in total. The van der Waals surface area contributed by atoms with Gasteiger partial charge in [-0.25, -0.2) is 14.6 Å². The molecule has 0 fully saturated rings. The minimum Gasteiger partial charge on any atom is -0.394 e. The first-order valence-electron chi connectivity index (χ1n) is 6.67. The Morgan fingerprint density at radius 2 is 2.00 bits per heavy atom. The highest BCUT2D eigenvalue weighted by atomic mass is 79.9. The van der Waals surface area contributed by atoms with Crippen LogP contribution in [0.4, 0.5) is 5.82 Å². The Morgan fingerprint density at radius 3 is 2.65 bits per heavy atom. The summed E-state index contributed by atoms with van der Waals surface area (Å²) in [5, 5.41) is 18.9. The average Bonchev–Trinajstić information content (AvgIpc) is 2.81. The van der Waals surface area contributed by atoms with Crippen LogP contribution >= 0.6 is 39.1 Å². The number of benzene rings is 1. The third kappa shape index (κ3) is 3.01. The van der Waals surface area contributed by atoms with E-state index in [0.29, 0.717) is 31.7 Å². The predicted octanol–water partition coefficient (Wildman–Crippen LogP) is 3.58. The van der Waals surface area contributed by atoms with E-state index < -0.39 is 6.04 Å². The number of aromatic nitrogens is 4. The van der Waals surface area contributed by atoms with E-state index in [9.17, 15) is 5.11 Å². The lowest BCUT2D eigenvalue weighted by Gasteiger charge is -2.20. The molecule has 0 saturated heterocycles. The van der Waals surface area contributed by atoms with E-state index in [4.69, 9.17) is 23.2 Å². The highest BCUT2D eigenvalue weighted by Gasteiger charge is 2.21. The minimum absolute atomic E-state index is 0.202. The molecule has 0 aliphatic heterocycles. The monoisotopic (exact) mass is 415 g/mol. The van der Waals surface area contributed by atoms with Crippen LogP contribution < -0.4 is 5.32 Å². The van der Waals surface area contributed by atoms with E-state index in [-0.39, 0.29) is 6.61 Å². The van der Waals surface area contributed by atoms with Gasteiger partial charge >= 0.3 is 0 Å². The molecule has 3 rings (SSSR count). The Kier molecular flexibility index (Phi) is 4.72. The second kappa shape index (κ2) is 6.60. The van der Waals surface area contributed by atoms with Crippen LogP contribution in [0.1, 0.15) is 11.6 Å². The first kappa shape index (κ1) is 16.4. The number of hydrogen-bond donors (Lipinski definition) is 2. The predicted molar refractivity (Wildman–Crippen MR) is 93.9 cm³/mol. The van der Waals surface area contributed by atoms with Crippen molar-refractivity contribution in [3.63, 3.8) is 0 Å². The fourth-order valence-corrected chi connectivity index (χ4v) is 3.63. The number of aliphatic hydroxyl groups excluding tert-OH is 1. The third-order valence-electron chi connectivity index (χ3n) is 3.42. The van der Waals surface area contributed by atoms with Gasteiger partial charge in [0.05, 0.1) is 18.0 Å². The Labute approximate surface area is 150 Å². The van der Waals surface area contributed by atoms with E-state index >= 15 is 0 Å². The summed E-state index contributed by atoms with van der Waals surface area (Å²) < 4.78 is 2.25. The highest BCUT2D eigenvalue weighted by Crippen LogP contribution is 2.34. The average molecular weight is 417 g/mol. The summed E-state index contributed by atoms with van der Waals surface area (Å²) in [4.78, 5) is 8.46. The van der Waals surface area contributed by atoms with Crippen LogP contribution in [-0.4, -0.2) is 31.5 Å². The van der Waals surface area contributed by atoms with Crippen molar-refractivity contribution >= 4 is 56.0 Å². The third-order valence-corrected chi connectivity index (χ3v) is 4.63. The van der Waals surface area contributed by atoms with Crippen LogP contribution in [0.15, 0.2) is 29.1 Å². The molecular weight excluding hydrogens is 405 g/mol. The van der Waals surface area contributed by atoms with E-state index in [1.807, 2.05) is 0 Å². The lowest BCUT2D eigenvalue weighted by Crippen LogP contribution is -2.17. The summed E-state index contributed by atoms with van der Waals surface area (Å²) in [5.74, 6) is 0.532. The molecular formula is C14H12BrCl2N5O. The number of rotatable bonds is 4. The summed E-state index contributed by atoms with van der Waals surface area (Å²) in [6.07, 6.45) is 1.43. The molecule has 1 aromatic carbocycles. The van der Waals surface area contributed by atoms with Gasteiger partial charge in [-0.1, -0.05) is 29.3 Å². The van der Waals surface area contributed by atoms with Gasteiger partial charge in [-0.3, -0.25) is 0 Å². The standard InChI is InChI=1S/C14H12BrCl2N5O/c1-22-14-11(12(15)21-22)13(18-6-19-14)20-9(5-23)10-7(16)3-2-4-8(10)17/h2-4,6,9,23H,5H2,1H3,(H,18,19,20)/t9-/m1/s1. The van der Waals surface area contributed by atoms with Crippen molar-refractivity contribution in [1.82, 2.24) is 19.7 Å². The molecule has 0 unspecified atom stereocenters. The van der Waals surface area contributed by atoms with Gasteiger partial charge in [-0.15, -0.1) is 0 Å². The van der Waals surface area contributed by atoms with E-state index in [1.165, 1.54) is 6.33 Å². The van der Waals surface area contributed by atoms with Gasteiger partial charge in [0.1, 0.15) is 16.7 Å². The molecule has 3 aromatic rings. The summed E-state index contributed by atoms with van der Waals surface area (Å²) in [7, 11) is 1.79. The van der Waals surface area contributed by atoms with Crippen molar-refractivity contribution < 1.29 is 5.11 Å². The molecule has 2 heterocycles. The quantitative estimate of drug-likeness (QED) is 0.679. The lowest BCUT2D eigenvalue weighted by molar-refractivity contribution is 0.276. The van der Waals surface area contributed by atoms with Crippen LogP contribution in [-0.2, 0) is 7.05 Å². The Balaban J connectivity index is 2.07. The lowest BCUT2D eigenvalue weighted by atomic mass is 10.1. The van der Waals surface area contributed by atoms with Crippen LogP contribution in [0, 0.1) is 0 Å². The number of aryl methyl sites for hydroxylation is 1. The van der Waals surface area contributed by atoms with E-state index in [2.05, 4.69) is 36.3 Å². The molecule has 23 heavy (non-hydrogen) atoms. The van der Waals surface area contributed by atoms with Gasteiger partial charge < -0.3 is 10.4 Å². The fourth-order valence-electron chi connectivity index (χ4n) is 2.37. The van der Waals surface area contributed by atoms with Gasteiger partial charge in [0, 0.05) is 22.7 Å². The molecule has 120 valence electrons. The van der Waals surface area contributed by atoms with Crippen LogP contribution in [0.2, 0.25) is 10.0 Å². The first-order chi connectivity index (χ1) is 11.0.